The van der Waals surface area contributed by atoms with Crippen LogP contribution in [-0.2, 0) is 19.1 Å². The molecule has 0 spiro atoms. The van der Waals surface area contributed by atoms with Crippen LogP contribution in [0.25, 0.3) is 0 Å². The summed E-state index contributed by atoms with van der Waals surface area (Å²) in [6.45, 7) is 3.75. The Bertz CT molecular complexity index is 543. The van der Waals surface area contributed by atoms with E-state index in [1.165, 1.54) is 14.2 Å². The fourth-order valence-corrected chi connectivity index (χ4v) is 2.01. The summed E-state index contributed by atoms with van der Waals surface area (Å²) in [5.74, 6) is -1.36. The van der Waals surface area contributed by atoms with E-state index in [1.807, 2.05) is 19.9 Å². The molecule has 1 aromatic carbocycles. The van der Waals surface area contributed by atoms with Crippen molar-refractivity contribution in [2.75, 3.05) is 19.5 Å². The van der Waals surface area contributed by atoms with Crippen molar-refractivity contribution in [3.05, 3.63) is 40.1 Å². The van der Waals surface area contributed by atoms with E-state index in [0.717, 1.165) is 17.2 Å². The average molecular weight is 298 g/mol. The molecule has 0 amide bonds. The van der Waals surface area contributed by atoms with E-state index in [1.54, 1.807) is 6.07 Å². The Balaban J connectivity index is 3.17. The van der Waals surface area contributed by atoms with Gasteiger partial charge in [0.25, 0.3) is 0 Å². The van der Waals surface area contributed by atoms with E-state index in [9.17, 15) is 9.59 Å². The average Bonchev–Trinajstić information content (AvgIpc) is 2.40. The van der Waals surface area contributed by atoms with Crippen LogP contribution in [0.15, 0.2) is 23.9 Å². The van der Waals surface area contributed by atoms with E-state index in [0.29, 0.717) is 10.7 Å². The molecule has 1 N–H and O–H groups in total. The lowest BCUT2D eigenvalue weighted by Gasteiger charge is -2.14. The number of aryl methyl sites for hydroxylation is 2. The number of hydrogen-bond acceptors (Lipinski definition) is 5. The molecule has 0 unspecified atom stereocenters. The van der Waals surface area contributed by atoms with Crippen LogP contribution in [0.1, 0.15) is 11.1 Å². The van der Waals surface area contributed by atoms with Crippen molar-refractivity contribution >= 4 is 29.2 Å². The van der Waals surface area contributed by atoms with Crippen LogP contribution in [0, 0.1) is 13.8 Å². The normalized spacial score (nSPS) is 10.9. The second-order valence-corrected chi connectivity index (χ2v) is 4.54. The maximum atomic E-state index is 11.7. The number of esters is 2. The molecule has 5 nitrogen and oxygen atoms in total. The lowest BCUT2D eigenvalue weighted by molar-refractivity contribution is -0.138. The van der Waals surface area contributed by atoms with Gasteiger partial charge >= 0.3 is 11.9 Å². The zero-order valence-corrected chi connectivity index (χ0v) is 12.5. The number of methoxy groups -OCH3 is 2. The zero-order chi connectivity index (χ0) is 15.3. The number of rotatable bonds is 4. The Morgan fingerprint density at radius 3 is 2.35 bits per heavy atom. The van der Waals surface area contributed by atoms with Gasteiger partial charge in [-0.3, -0.25) is 0 Å². The molecular weight excluding hydrogens is 282 g/mol. The summed E-state index contributed by atoms with van der Waals surface area (Å²) in [6.07, 6.45) is 1.02. The predicted octanol–water partition coefficient (Wildman–Crippen LogP) is 2.60. The van der Waals surface area contributed by atoms with Crippen LogP contribution in [0.4, 0.5) is 5.69 Å². The summed E-state index contributed by atoms with van der Waals surface area (Å²) in [4.78, 5) is 22.9. The topological polar surface area (TPSA) is 64.6 Å². The molecule has 0 radical (unpaired) electrons. The number of anilines is 1. The van der Waals surface area contributed by atoms with E-state index in [-0.39, 0.29) is 5.70 Å². The van der Waals surface area contributed by atoms with Gasteiger partial charge in [-0.15, -0.1) is 0 Å². The van der Waals surface area contributed by atoms with Crippen molar-refractivity contribution in [1.82, 2.24) is 0 Å². The minimum atomic E-state index is -0.688. The monoisotopic (exact) mass is 297 g/mol. The highest BCUT2D eigenvalue weighted by Gasteiger charge is 2.15. The number of halogens is 1. The number of nitrogens with one attached hydrogen (secondary N) is 1. The highest BCUT2D eigenvalue weighted by atomic mass is 35.5. The van der Waals surface area contributed by atoms with Crippen LogP contribution in [0.3, 0.4) is 0 Å². The molecule has 0 saturated heterocycles. The first-order chi connectivity index (χ1) is 9.38. The third kappa shape index (κ3) is 3.99. The maximum absolute atomic E-state index is 11.7. The van der Waals surface area contributed by atoms with Crippen molar-refractivity contribution in [3.8, 4) is 0 Å². The maximum Gasteiger partial charge on any atom is 0.354 e. The van der Waals surface area contributed by atoms with E-state index in [2.05, 4.69) is 14.8 Å². The lowest BCUT2D eigenvalue weighted by Crippen LogP contribution is -2.16. The van der Waals surface area contributed by atoms with Gasteiger partial charge in [0.1, 0.15) is 5.70 Å². The second kappa shape index (κ2) is 6.96. The molecule has 0 heterocycles. The van der Waals surface area contributed by atoms with Gasteiger partial charge in [-0.2, -0.15) is 0 Å². The van der Waals surface area contributed by atoms with Gasteiger partial charge in [-0.1, -0.05) is 17.7 Å². The van der Waals surface area contributed by atoms with Crippen molar-refractivity contribution in [2.45, 2.75) is 13.8 Å². The largest absolute Gasteiger partial charge is 0.466 e. The van der Waals surface area contributed by atoms with Gasteiger partial charge in [0, 0.05) is 0 Å². The van der Waals surface area contributed by atoms with Crippen molar-refractivity contribution in [1.29, 1.82) is 0 Å². The summed E-state index contributed by atoms with van der Waals surface area (Å²) in [5.41, 5.74) is 2.33. The number of ether oxygens (including phenoxy) is 2. The van der Waals surface area contributed by atoms with Crippen LogP contribution in [0.2, 0.25) is 5.02 Å². The molecule has 108 valence electrons. The Morgan fingerprint density at radius 2 is 1.85 bits per heavy atom. The lowest BCUT2D eigenvalue weighted by atomic mass is 10.1. The van der Waals surface area contributed by atoms with Crippen LogP contribution in [0.5, 0.6) is 0 Å². The van der Waals surface area contributed by atoms with Gasteiger partial charge < -0.3 is 14.8 Å². The highest BCUT2D eigenvalue weighted by Crippen LogP contribution is 2.28. The zero-order valence-electron chi connectivity index (χ0n) is 11.7. The molecule has 0 fully saturated rings. The van der Waals surface area contributed by atoms with E-state index >= 15 is 0 Å². The number of benzene rings is 1. The first-order valence-electron chi connectivity index (χ1n) is 5.80. The van der Waals surface area contributed by atoms with Gasteiger partial charge in [0.15, 0.2) is 0 Å². The van der Waals surface area contributed by atoms with Crippen molar-refractivity contribution in [3.63, 3.8) is 0 Å². The molecule has 0 atom stereocenters. The molecule has 20 heavy (non-hydrogen) atoms. The second-order valence-electron chi connectivity index (χ2n) is 4.14. The molecule has 0 saturated carbocycles. The van der Waals surface area contributed by atoms with Gasteiger partial charge in [-0.05, 0) is 31.0 Å². The first kappa shape index (κ1) is 16.0. The van der Waals surface area contributed by atoms with Crippen LogP contribution in [-0.4, -0.2) is 26.2 Å². The van der Waals surface area contributed by atoms with Crippen molar-refractivity contribution in [2.24, 2.45) is 0 Å². The summed E-state index contributed by atoms with van der Waals surface area (Å²) >= 11 is 6.14. The summed E-state index contributed by atoms with van der Waals surface area (Å²) in [7, 11) is 2.44. The summed E-state index contributed by atoms with van der Waals surface area (Å²) in [6, 6.07) is 3.66. The quantitative estimate of drug-likeness (QED) is 0.683. The molecule has 0 aliphatic carbocycles. The fraction of sp³-hybridized carbons (Fsp3) is 0.286. The third-order valence-corrected chi connectivity index (χ3v) is 2.86. The molecule has 1 rings (SSSR count). The number of carbonyl (C=O) groups excluding carboxylic acids is 2. The van der Waals surface area contributed by atoms with Gasteiger partial charge in [-0.25, -0.2) is 9.59 Å². The Morgan fingerprint density at radius 1 is 1.20 bits per heavy atom. The highest BCUT2D eigenvalue weighted by molar-refractivity contribution is 6.33. The molecule has 0 aliphatic rings. The Hall–Kier alpha value is -2.01. The molecule has 0 aromatic heterocycles. The molecule has 0 aliphatic heterocycles. The van der Waals surface area contributed by atoms with E-state index < -0.39 is 11.9 Å². The molecular formula is C14H16ClNO4. The molecule has 1 aromatic rings. The number of hydrogen-bond donors (Lipinski definition) is 1. The van der Waals surface area contributed by atoms with Gasteiger partial charge in [0.2, 0.25) is 0 Å². The van der Waals surface area contributed by atoms with Crippen molar-refractivity contribution < 1.29 is 19.1 Å². The van der Waals surface area contributed by atoms with Crippen LogP contribution < -0.4 is 5.32 Å². The third-order valence-electron chi connectivity index (χ3n) is 2.56. The Kier molecular flexibility index (Phi) is 5.58. The standard InChI is InChI=1S/C14H16ClNO4/c1-8-5-9(2)13(10(15)6-8)16-11(14(18)20-4)7-12(17)19-3/h5-7,16H,1-4H3/b11-7+. The minimum absolute atomic E-state index is 0.0480. The Labute approximate surface area is 122 Å². The SMILES string of the molecule is COC(=O)/C=C(/Nc1c(C)cc(C)cc1Cl)C(=O)OC. The van der Waals surface area contributed by atoms with Crippen LogP contribution >= 0.6 is 11.6 Å². The minimum Gasteiger partial charge on any atom is -0.466 e. The van der Waals surface area contributed by atoms with Gasteiger partial charge in [0.05, 0.1) is 31.0 Å². The molecule has 6 heteroatoms. The predicted molar refractivity (Wildman–Crippen MR) is 76.7 cm³/mol. The summed E-state index contributed by atoms with van der Waals surface area (Å²) < 4.78 is 9.11. The smallest absolute Gasteiger partial charge is 0.354 e. The molecule has 0 bridgehead atoms. The van der Waals surface area contributed by atoms with E-state index in [4.69, 9.17) is 11.6 Å². The fourth-order valence-electron chi connectivity index (χ4n) is 1.64. The summed E-state index contributed by atoms with van der Waals surface area (Å²) in [5, 5.41) is 3.26. The first-order valence-corrected chi connectivity index (χ1v) is 6.18. The number of carbonyl (C=O) groups is 2.